The van der Waals surface area contributed by atoms with E-state index >= 15 is 0 Å². The maximum absolute atomic E-state index is 13.6. The van der Waals surface area contributed by atoms with Gasteiger partial charge in [-0.15, -0.1) is 0 Å². The molecule has 2 aromatic carbocycles. The average molecular weight is 460 g/mol. The van der Waals surface area contributed by atoms with Crippen LogP contribution in [0.5, 0.6) is 5.75 Å². The SMILES string of the molecule is COc1ccc(F)cc1C(=O)NCc1ccc(-c2cn(C3CCCC3)c3ncnc(N)c23)cc1. The Bertz CT molecular complexity index is 1340. The Balaban J connectivity index is 1.38. The van der Waals surface area contributed by atoms with Crippen LogP contribution in [0.2, 0.25) is 0 Å². The van der Waals surface area contributed by atoms with Crippen molar-refractivity contribution in [3.63, 3.8) is 0 Å². The summed E-state index contributed by atoms with van der Waals surface area (Å²) in [7, 11) is 1.45. The number of nitrogens with zero attached hydrogens (tertiary/aromatic N) is 3. The number of hydrogen-bond donors (Lipinski definition) is 2. The molecule has 0 atom stereocenters. The molecular weight excluding hydrogens is 433 g/mol. The van der Waals surface area contributed by atoms with Crippen molar-refractivity contribution in [3.05, 3.63) is 71.9 Å². The first-order chi connectivity index (χ1) is 16.5. The van der Waals surface area contributed by atoms with Crippen molar-refractivity contribution in [2.24, 2.45) is 0 Å². The third-order valence-electron chi connectivity index (χ3n) is 6.48. The third kappa shape index (κ3) is 4.07. The number of halogens is 1. The first-order valence-electron chi connectivity index (χ1n) is 11.4. The number of nitrogens with one attached hydrogen (secondary N) is 1. The highest BCUT2D eigenvalue weighted by Gasteiger charge is 2.23. The number of benzene rings is 2. The Morgan fingerprint density at radius 1 is 1.18 bits per heavy atom. The molecule has 0 bridgehead atoms. The lowest BCUT2D eigenvalue weighted by Crippen LogP contribution is -2.23. The smallest absolute Gasteiger partial charge is 0.255 e. The van der Waals surface area contributed by atoms with Crippen LogP contribution in [-0.2, 0) is 6.54 Å². The van der Waals surface area contributed by atoms with E-state index < -0.39 is 11.7 Å². The Morgan fingerprint density at radius 3 is 2.68 bits per heavy atom. The van der Waals surface area contributed by atoms with Gasteiger partial charge in [0.1, 0.15) is 29.4 Å². The van der Waals surface area contributed by atoms with Crippen LogP contribution >= 0.6 is 0 Å². The predicted molar refractivity (Wildman–Crippen MR) is 129 cm³/mol. The number of carbonyl (C=O) groups excluding carboxylic acids is 1. The van der Waals surface area contributed by atoms with Gasteiger partial charge in [0, 0.05) is 24.3 Å². The summed E-state index contributed by atoms with van der Waals surface area (Å²) in [5, 5.41) is 3.70. The molecule has 0 unspecified atom stereocenters. The molecule has 1 aliphatic carbocycles. The van der Waals surface area contributed by atoms with Crippen molar-refractivity contribution < 1.29 is 13.9 Å². The lowest BCUT2D eigenvalue weighted by Gasteiger charge is -2.12. The van der Waals surface area contributed by atoms with Gasteiger partial charge in [0.05, 0.1) is 18.1 Å². The number of hydrogen-bond acceptors (Lipinski definition) is 5. The zero-order valence-electron chi connectivity index (χ0n) is 18.9. The summed E-state index contributed by atoms with van der Waals surface area (Å²) in [6.07, 6.45) is 8.39. The molecule has 2 aromatic heterocycles. The molecule has 1 aliphatic rings. The van der Waals surface area contributed by atoms with Crippen molar-refractivity contribution >= 4 is 22.8 Å². The maximum Gasteiger partial charge on any atom is 0.255 e. The monoisotopic (exact) mass is 459 g/mol. The lowest BCUT2D eigenvalue weighted by molar-refractivity contribution is 0.0947. The van der Waals surface area contributed by atoms with E-state index in [4.69, 9.17) is 10.5 Å². The second-order valence-corrected chi connectivity index (χ2v) is 8.57. The fourth-order valence-electron chi connectivity index (χ4n) is 4.73. The van der Waals surface area contributed by atoms with Crippen LogP contribution in [0, 0.1) is 5.82 Å². The van der Waals surface area contributed by atoms with E-state index in [1.54, 1.807) is 0 Å². The molecule has 2 heterocycles. The molecule has 8 heteroatoms. The van der Waals surface area contributed by atoms with Crippen LogP contribution in [0.1, 0.15) is 47.6 Å². The molecule has 4 aromatic rings. The van der Waals surface area contributed by atoms with Gasteiger partial charge in [0.25, 0.3) is 5.91 Å². The standard InChI is InChI=1S/C26H26FN5O2/c1-34-22-11-10-18(27)12-20(22)26(33)29-13-16-6-8-17(9-7-16)21-14-32(19-4-2-3-5-19)25-23(21)24(28)30-15-31-25/h6-12,14-15,19H,2-5,13H2,1H3,(H,29,33)(H2,28,30,31). The van der Waals surface area contributed by atoms with Crippen LogP contribution in [0.4, 0.5) is 10.2 Å². The molecule has 1 amide bonds. The summed E-state index contributed by atoms with van der Waals surface area (Å²) in [6.45, 7) is 0.299. The molecule has 1 saturated carbocycles. The zero-order valence-corrected chi connectivity index (χ0v) is 18.9. The number of amides is 1. The molecule has 1 fully saturated rings. The molecule has 7 nitrogen and oxygen atoms in total. The third-order valence-corrected chi connectivity index (χ3v) is 6.48. The number of anilines is 1. The first kappa shape index (κ1) is 21.9. The number of fused-ring (bicyclic) bond motifs is 1. The predicted octanol–water partition coefficient (Wildman–Crippen LogP) is 4.87. The summed E-state index contributed by atoms with van der Waals surface area (Å²) in [6, 6.07) is 12.2. The van der Waals surface area contributed by atoms with Gasteiger partial charge in [-0.1, -0.05) is 37.1 Å². The minimum absolute atomic E-state index is 0.161. The summed E-state index contributed by atoms with van der Waals surface area (Å²) in [5.41, 5.74) is 10.2. The van der Waals surface area contributed by atoms with Crippen LogP contribution in [0.25, 0.3) is 22.2 Å². The lowest BCUT2D eigenvalue weighted by atomic mass is 10.0. The van der Waals surface area contributed by atoms with Gasteiger partial charge in [-0.05, 0) is 42.2 Å². The van der Waals surface area contributed by atoms with Crippen molar-refractivity contribution in [1.82, 2.24) is 19.9 Å². The molecular formula is C26H26FN5O2. The number of ether oxygens (including phenoxy) is 1. The Kier molecular flexibility index (Phi) is 5.88. The van der Waals surface area contributed by atoms with Gasteiger partial charge >= 0.3 is 0 Å². The van der Waals surface area contributed by atoms with E-state index in [9.17, 15) is 9.18 Å². The minimum Gasteiger partial charge on any atom is -0.496 e. The highest BCUT2D eigenvalue weighted by atomic mass is 19.1. The highest BCUT2D eigenvalue weighted by Crippen LogP contribution is 2.38. The van der Waals surface area contributed by atoms with Gasteiger partial charge in [-0.25, -0.2) is 14.4 Å². The Labute approximate surface area is 196 Å². The number of rotatable bonds is 6. The molecule has 174 valence electrons. The molecule has 34 heavy (non-hydrogen) atoms. The van der Waals surface area contributed by atoms with E-state index in [1.807, 2.05) is 24.3 Å². The minimum atomic E-state index is -0.490. The van der Waals surface area contributed by atoms with Crippen molar-refractivity contribution in [2.75, 3.05) is 12.8 Å². The zero-order chi connectivity index (χ0) is 23.7. The van der Waals surface area contributed by atoms with E-state index in [2.05, 4.69) is 26.0 Å². The second-order valence-electron chi connectivity index (χ2n) is 8.57. The largest absolute Gasteiger partial charge is 0.496 e. The normalized spacial score (nSPS) is 13.9. The summed E-state index contributed by atoms with van der Waals surface area (Å²) in [5.74, 6) is -0.0925. The van der Waals surface area contributed by atoms with Crippen LogP contribution in [0.15, 0.2) is 55.0 Å². The van der Waals surface area contributed by atoms with E-state index in [1.165, 1.54) is 44.5 Å². The summed E-state index contributed by atoms with van der Waals surface area (Å²) < 4.78 is 21.0. The number of nitrogen functional groups attached to an aromatic ring is 1. The quantitative estimate of drug-likeness (QED) is 0.429. The Morgan fingerprint density at radius 2 is 1.94 bits per heavy atom. The summed E-state index contributed by atoms with van der Waals surface area (Å²) in [4.78, 5) is 21.3. The van der Waals surface area contributed by atoms with E-state index in [-0.39, 0.29) is 5.56 Å². The van der Waals surface area contributed by atoms with E-state index in [0.717, 1.165) is 40.6 Å². The second kappa shape index (κ2) is 9.13. The molecule has 0 saturated heterocycles. The first-order valence-corrected chi connectivity index (χ1v) is 11.4. The number of methoxy groups -OCH3 is 1. The Hall–Kier alpha value is -3.94. The van der Waals surface area contributed by atoms with Gasteiger partial charge in [-0.2, -0.15) is 0 Å². The van der Waals surface area contributed by atoms with Crippen molar-refractivity contribution in [3.8, 4) is 16.9 Å². The number of nitrogens with two attached hydrogens (primary N) is 1. The van der Waals surface area contributed by atoms with Crippen LogP contribution in [0.3, 0.4) is 0 Å². The highest BCUT2D eigenvalue weighted by molar-refractivity contribution is 6.00. The molecule has 0 radical (unpaired) electrons. The summed E-state index contributed by atoms with van der Waals surface area (Å²) >= 11 is 0. The van der Waals surface area contributed by atoms with Gasteiger partial charge in [-0.3, -0.25) is 4.79 Å². The van der Waals surface area contributed by atoms with Crippen LogP contribution in [-0.4, -0.2) is 27.6 Å². The number of carbonyl (C=O) groups is 1. The molecule has 5 rings (SSSR count). The molecule has 0 spiro atoms. The van der Waals surface area contributed by atoms with Crippen LogP contribution < -0.4 is 15.8 Å². The topological polar surface area (TPSA) is 95.1 Å². The number of aromatic nitrogens is 3. The van der Waals surface area contributed by atoms with Gasteiger partial charge in [0.15, 0.2) is 0 Å². The fourth-order valence-corrected chi connectivity index (χ4v) is 4.73. The van der Waals surface area contributed by atoms with Gasteiger partial charge < -0.3 is 20.4 Å². The van der Waals surface area contributed by atoms with E-state index in [0.29, 0.717) is 24.2 Å². The average Bonchev–Trinajstić information content (AvgIpc) is 3.52. The molecule has 0 aliphatic heterocycles. The maximum atomic E-state index is 13.6. The van der Waals surface area contributed by atoms with Gasteiger partial charge in [0.2, 0.25) is 0 Å². The van der Waals surface area contributed by atoms with Crippen molar-refractivity contribution in [1.29, 1.82) is 0 Å². The molecule has 3 N–H and O–H groups in total. The fraction of sp³-hybridized carbons (Fsp3) is 0.269. The van der Waals surface area contributed by atoms with Crippen molar-refractivity contribution in [2.45, 2.75) is 38.3 Å².